The van der Waals surface area contributed by atoms with Crippen molar-refractivity contribution in [1.29, 1.82) is 0 Å². The molecule has 0 aromatic carbocycles. The van der Waals surface area contributed by atoms with E-state index in [0.717, 1.165) is 6.42 Å². The van der Waals surface area contributed by atoms with Crippen LogP contribution in [-0.2, 0) is 14.8 Å². The highest BCUT2D eigenvalue weighted by atomic mass is 32.2. The lowest BCUT2D eigenvalue weighted by Gasteiger charge is -2.37. The molecule has 1 aromatic heterocycles. The van der Waals surface area contributed by atoms with Crippen molar-refractivity contribution in [3.05, 3.63) is 18.5 Å². The van der Waals surface area contributed by atoms with Crippen molar-refractivity contribution in [1.82, 2.24) is 9.29 Å². The Morgan fingerprint density at radius 3 is 2.95 bits per heavy atom. The number of hydrogen-bond donors (Lipinski definition) is 1. The standard InChI is InChI=1S/C13H21N3O3S/c1-4-11-9-19-10(2)8-16(11)20(17,18)13-7-15-6-5-12(13)14-3/h5-7,10-11H,4,8-9H2,1-3H3,(H,14,15). The Balaban J connectivity index is 2.42. The van der Waals surface area contributed by atoms with E-state index in [2.05, 4.69) is 10.3 Å². The fourth-order valence-electron chi connectivity index (χ4n) is 2.35. The van der Waals surface area contributed by atoms with E-state index >= 15 is 0 Å². The number of nitrogens with zero attached hydrogens (tertiary/aromatic N) is 2. The number of sulfonamides is 1. The van der Waals surface area contributed by atoms with Crippen LogP contribution in [0.3, 0.4) is 0 Å². The zero-order chi connectivity index (χ0) is 14.8. The summed E-state index contributed by atoms with van der Waals surface area (Å²) in [6.07, 6.45) is 3.60. The van der Waals surface area contributed by atoms with Gasteiger partial charge in [0.15, 0.2) is 0 Å². The van der Waals surface area contributed by atoms with E-state index in [1.54, 1.807) is 23.6 Å². The summed E-state index contributed by atoms with van der Waals surface area (Å²) in [6, 6.07) is 1.54. The summed E-state index contributed by atoms with van der Waals surface area (Å²) in [5.74, 6) is 0. The molecule has 0 spiro atoms. The molecular weight excluding hydrogens is 278 g/mol. The highest BCUT2D eigenvalue weighted by Gasteiger charge is 2.36. The van der Waals surface area contributed by atoms with Gasteiger partial charge in [-0.1, -0.05) is 6.92 Å². The van der Waals surface area contributed by atoms with Crippen LogP contribution in [0.4, 0.5) is 5.69 Å². The van der Waals surface area contributed by atoms with Crippen molar-refractivity contribution < 1.29 is 13.2 Å². The van der Waals surface area contributed by atoms with E-state index in [-0.39, 0.29) is 17.0 Å². The molecule has 1 aliphatic rings. The van der Waals surface area contributed by atoms with Crippen LogP contribution in [0, 0.1) is 0 Å². The Kier molecular flexibility index (Phi) is 4.62. The first-order chi connectivity index (χ1) is 9.50. The largest absolute Gasteiger partial charge is 0.387 e. The maximum Gasteiger partial charge on any atom is 0.247 e. The minimum atomic E-state index is -3.57. The van der Waals surface area contributed by atoms with E-state index in [0.29, 0.717) is 18.8 Å². The third-order valence-electron chi connectivity index (χ3n) is 3.53. The Labute approximate surface area is 120 Å². The molecule has 2 unspecified atom stereocenters. The first-order valence-electron chi connectivity index (χ1n) is 6.76. The smallest absolute Gasteiger partial charge is 0.247 e. The summed E-state index contributed by atoms with van der Waals surface area (Å²) in [5, 5.41) is 2.91. The number of anilines is 1. The number of rotatable bonds is 4. The lowest BCUT2D eigenvalue weighted by molar-refractivity contribution is -0.0230. The van der Waals surface area contributed by atoms with Gasteiger partial charge in [0.1, 0.15) is 4.90 Å². The molecule has 20 heavy (non-hydrogen) atoms. The van der Waals surface area contributed by atoms with E-state index in [9.17, 15) is 8.42 Å². The average molecular weight is 299 g/mol. The molecule has 0 saturated carbocycles. The average Bonchev–Trinajstić information content (AvgIpc) is 2.47. The van der Waals surface area contributed by atoms with Gasteiger partial charge in [-0.15, -0.1) is 0 Å². The molecule has 1 aliphatic heterocycles. The number of nitrogens with one attached hydrogen (secondary N) is 1. The van der Waals surface area contributed by atoms with Gasteiger partial charge in [-0.3, -0.25) is 4.98 Å². The van der Waals surface area contributed by atoms with E-state index in [1.165, 1.54) is 6.20 Å². The van der Waals surface area contributed by atoms with Crippen molar-refractivity contribution in [2.45, 2.75) is 37.3 Å². The lowest BCUT2D eigenvalue weighted by atomic mass is 10.2. The minimum Gasteiger partial charge on any atom is -0.387 e. The molecule has 1 fully saturated rings. The fraction of sp³-hybridized carbons (Fsp3) is 0.615. The van der Waals surface area contributed by atoms with Crippen LogP contribution in [0.1, 0.15) is 20.3 Å². The molecule has 2 rings (SSSR count). The number of ether oxygens (including phenoxy) is 1. The van der Waals surface area contributed by atoms with Crippen LogP contribution < -0.4 is 5.32 Å². The molecule has 0 radical (unpaired) electrons. The predicted octanol–water partition coefficient (Wildman–Crippen LogP) is 1.31. The summed E-state index contributed by atoms with van der Waals surface area (Å²) in [5.41, 5.74) is 0.564. The van der Waals surface area contributed by atoms with E-state index < -0.39 is 10.0 Å². The summed E-state index contributed by atoms with van der Waals surface area (Å²) in [4.78, 5) is 4.16. The normalized spacial score (nSPS) is 24.6. The molecule has 7 heteroatoms. The monoisotopic (exact) mass is 299 g/mol. The quantitative estimate of drug-likeness (QED) is 0.907. The third kappa shape index (κ3) is 2.79. The number of aromatic nitrogens is 1. The number of morpholine rings is 1. The van der Waals surface area contributed by atoms with Crippen LogP contribution >= 0.6 is 0 Å². The summed E-state index contributed by atoms with van der Waals surface area (Å²) in [6.45, 7) is 4.66. The Bertz CT molecular complexity index is 562. The fourth-order valence-corrected chi connectivity index (χ4v) is 4.25. The Morgan fingerprint density at radius 1 is 1.55 bits per heavy atom. The maximum atomic E-state index is 12.9. The van der Waals surface area contributed by atoms with Gasteiger partial charge in [0.2, 0.25) is 10.0 Å². The van der Waals surface area contributed by atoms with Crippen LogP contribution in [0.2, 0.25) is 0 Å². The van der Waals surface area contributed by atoms with Gasteiger partial charge in [-0.2, -0.15) is 4.31 Å². The van der Waals surface area contributed by atoms with Crippen LogP contribution in [-0.4, -0.2) is 50.1 Å². The molecule has 0 bridgehead atoms. The number of hydrogen-bond acceptors (Lipinski definition) is 5. The van der Waals surface area contributed by atoms with Gasteiger partial charge in [-0.25, -0.2) is 8.42 Å². The number of pyridine rings is 1. The Hall–Kier alpha value is -1.18. The zero-order valence-electron chi connectivity index (χ0n) is 12.0. The van der Waals surface area contributed by atoms with Gasteiger partial charge in [0.05, 0.1) is 18.4 Å². The molecule has 2 atom stereocenters. The SMILES string of the molecule is CCC1COC(C)CN1S(=O)(=O)c1cnccc1NC. The van der Waals surface area contributed by atoms with Gasteiger partial charge in [-0.05, 0) is 19.4 Å². The second kappa shape index (κ2) is 6.07. The first kappa shape index (κ1) is 15.2. The van der Waals surface area contributed by atoms with Crippen molar-refractivity contribution >= 4 is 15.7 Å². The molecule has 1 N–H and O–H groups in total. The predicted molar refractivity (Wildman–Crippen MR) is 77.2 cm³/mol. The van der Waals surface area contributed by atoms with Crippen molar-refractivity contribution in [2.24, 2.45) is 0 Å². The Morgan fingerprint density at radius 2 is 2.30 bits per heavy atom. The molecule has 0 aliphatic carbocycles. The molecule has 0 amide bonds. The minimum absolute atomic E-state index is 0.0951. The van der Waals surface area contributed by atoms with E-state index in [4.69, 9.17) is 4.74 Å². The summed E-state index contributed by atoms with van der Waals surface area (Å²) in [7, 11) is -1.87. The second-order valence-electron chi connectivity index (χ2n) is 4.90. The highest BCUT2D eigenvalue weighted by Crippen LogP contribution is 2.27. The zero-order valence-corrected chi connectivity index (χ0v) is 12.9. The van der Waals surface area contributed by atoms with Crippen LogP contribution in [0.25, 0.3) is 0 Å². The van der Waals surface area contributed by atoms with Gasteiger partial charge in [0.25, 0.3) is 0 Å². The molecular formula is C13H21N3O3S. The van der Waals surface area contributed by atoms with Gasteiger partial charge >= 0.3 is 0 Å². The topological polar surface area (TPSA) is 71.5 Å². The maximum absolute atomic E-state index is 12.9. The van der Waals surface area contributed by atoms with Crippen molar-refractivity contribution in [3.8, 4) is 0 Å². The van der Waals surface area contributed by atoms with Crippen LogP contribution in [0.15, 0.2) is 23.4 Å². The third-order valence-corrected chi connectivity index (χ3v) is 5.48. The molecule has 112 valence electrons. The van der Waals surface area contributed by atoms with Gasteiger partial charge in [0, 0.05) is 32.0 Å². The molecule has 2 heterocycles. The van der Waals surface area contributed by atoms with Crippen molar-refractivity contribution in [3.63, 3.8) is 0 Å². The first-order valence-corrected chi connectivity index (χ1v) is 8.20. The summed E-state index contributed by atoms with van der Waals surface area (Å²) < 4.78 is 32.8. The van der Waals surface area contributed by atoms with Crippen LogP contribution in [0.5, 0.6) is 0 Å². The van der Waals surface area contributed by atoms with Crippen molar-refractivity contribution in [2.75, 3.05) is 25.5 Å². The molecule has 1 saturated heterocycles. The lowest BCUT2D eigenvalue weighted by Crippen LogP contribution is -2.51. The highest BCUT2D eigenvalue weighted by molar-refractivity contribution is 7.89. The molecule has 1 aromatic rings. The second-order valence-corrected chi connectivity index (χ2v) is 6.76. The summed E-state index contributed by atoms with van der Waals surface area (Å²) >= 11 is 0. The van der Waals surface area contributed by atoms with Gasteiger partial charge < -0.3 is 10.1 Å². The molecule has 6 nitrogen and oxygen atoms in total. The van der Waals surface area contributed by atoms with E-state index in [1.807, 2.05) is 13.8 Å².